The standard InChI is InChI=1S/C21H23N3O3.ClH/c22-21(12-4-5-13-21)20-23-19(27-24-20)15-26-18-10-8-17(9-11-18)25-14-16-6-2-1-3-7-16;/h1-3,6-11H,4-5,12-15,22H2;1H. The summed E-state index contributed by atoms with van der Waals surface area (Å²) in [7, 11) is 0. The molecule has 0 radical (unpaired) electrons. The summed E-state index contributed by atoms with van der Waals surface area (Å²) in [5.41, 5.74) is 7.03. The second kappa shape index (κ2) is 9.08. The zero-order valence-corrected chi connectivity index (χ0v) is 16.4. The second-order valence-electron chi connectivity index (χ2n) is 6.91. The maximum atomic E-state index is 6.35. The maximum Gasteiger partial charge on any atom is 0.264 e. The third-order valence-electron chi connectivity index (χ3n) is 4.84. The van der Waals surface area contributed by atoms with Crippen LogP contribution in [0.15, 0.2) is 59.1 Å². The molecule has 1 saturated carbocycles. The van der Waals surface area contributed by atoms with Crippen LogP contribution in [0, 0.1) is 0 Å². The van der Waals surface area contributed by atoms with Crippen molar-refractivity contribution in [1.82, 2.24) is 10.1 Å². The van der Waals surface area contributed by atoms with Gasteiger partial charge in [0, 0.05) is 0 Å². The van der Waals surface area contributed by atoms with Crippen LogP contribution in [0.25, 0.3) is 0 Å². The zero-order chi connectivity index (χ0) is 18.5. The Balaban J connectivity index is 0.00000225. The number of aromatic nitrogens is 2. The van der Waals surface area contributed by atoms with Gasteiger partial charge in [-0.15, -0.1) is 12.4 Å². The average molecular weight is 402 g/mol. The number of hydrogen-bond donors (Lipinski definition) is 1. The van der Waals surface area contributed by atoms with Crippen LogP contribution in [0.1, 0.15) is 43.0 Å². The van der Waals surface area contributed by atoms with Crippen molar-refractivity contribution in [1.29, 1.82) is 0 Å². The lowest BCUT2D eigenvalue weighted by Crippen LogP contribution is -2.34. The number of ether oxygens (including phenoxy) is 2. The molecule has 148 valence electrons. The molecule has 0 bridgehead atoms. The Kier molecular flexibility index (Phi) is 6.54. The monoisotopic (exact) mass is 401 g/mol. The Bertz CT molecular complexity index is 862. The molecular formula is C21H24ClN3O3. The number of hydrogen-bond acceptors (Lipinski definition) is 6. The van der Waals surface area contributed by atoms with E-state index in [1.165, 1.54) is 0 Å². The number of benzene rings is 2. The molecule has 4 rings (SSSR count). The first-order valence-corrected chi connectivity index (χ1v) is 9.23. The Labute approximate surface area is 170 Å². The van der Waals surface area contributed by atoms with Crippen LogP contribution in [0.3, 0.4) is 0 Å². The maximum absolute atomic E-state index is 6.35. The van der Waals surface area contributed by atoms with Gasteiger partial charge in [0.1, 0.15) is 18.1 Å². The Morgan fingerprint density at radius 2 is 1.50 bits per heavy atom. The molecule has 2 N–H and O–H groups in total. The molecule has 0 aliphatic heterocycles. The normalized spacial score (nSPS) is 15.0. The average Bonchev–Trinajstić information content (AvgIpc) is 3.37. The van der Waals surface area contributed by atoms with Crippen molar-refractivity contribution in [2.75, 3.05) is 0 Å². The first kappa shape index (κ1) is 20.2. The van der Waals surface area contributed by atoms with Crippen molar-refractivity contribution < 1.29 is 14.0 Å². The fraction of sp³-hybridized carbons (Fsp3) is 0.333. The van der Waals surface area contributed by atoms with Crippen molar-refractivity contribution in [3.8, 4) is 11.5 Å². The highest BCUT2D eigenvalue weighted by Gasteiger charge is 2.35. The highest BCUT2D eigenvalue weighted by atomic mass is 35.5. The Morgan fingerprint density at radius 1 is 0.893 bits per heavy atom. The smallest absolute Gasteiger partial charge is 0.264 e. The van der Waals surface area contributed by atoms with Gasteiger partial charge in [0.15, 0.2) is 12.4 Å². The van der Waals surface area contributed by atoms with Crippen LogP contribution in [0.5, 0.6) is 11.5 Å². The quantitative estimate of drug-likeness (QED) is 0.632. The minimum Gasteiger partial charge on any atom is -0.489 e. The topological polar surface area (TPSA) is 83.4 Å². The van der Waals surface area contributed by atoms with Gasteiger partial charge in [-0.05, 0) is 42.7 Å². The lowest BCUT2D eigenvalue weighted by molar-refractivity contribution is 0.241. The minimum absolute atomic E-state index is 0. The molecule has 1 heterocycles. The van der Waals surface area contributed by atoms with Gasteiger partial charge in [0.05, 0.1) is 5.54 Å². The summed E-state index contributed by atoms with van der Waals surface area (Å²) in [4.78, 5) is 4.41. The fourth-order valence-electron chi connectivity index (χ4n) is 3.26. The van der Waals surface area contributed by atoms with Crippen LogP contribution in [-0.4, -0.2) is 10.1 Å². The number of halogens is 1. The van der Waals surface area contributed by atoms with Crippen LogP contribution in [0.4, 0.5) is 0 Å². The van der Waals surface area contributed by atoms with Gasteiger partial charge in [-0.25, -0.2) is 0 Å². The minimum atomic E-state index is -0.445. The molecule has 28 heavy (non-hydrogen) atoms. The van der Waals surface area contributed by atoms with Gasteiger partial charge in [0.2, 0.25) is 0 Å². The van der Waals surface area contributed by atoms with Gasteiger partial charge in [-0.2, -0.15) is 4.98 Å². The third kappa shape index (κ3) is 4.82. The van der Waals surface area contributed by atoms with Gasteiger partial charge < -0.3 is 19.7 Å². The van der Waals surface area contributed by atoms with Crippen molar-refractivity contribution in [3.63, 3.8) is 0 Å². The molecule has 1 aliphatic carbocycles. The first-order valence-electron chi connectivity index (χ1n) is 9.23. The van der Waals surface area contributed by atoms with Crippen LogP contribution >= 0.6 is 12.4 Å². The molecule has 1 fully saturated rings. The largest absolute Gasteiger partial charge is 0.489 e. The van der Waals surface area contributed by atoms with Crippen molar-refractivity contribution in [2.45, 2.75) is 44.4 Å². The lowest BCUT2D eigenvalue weighted by atomic mass is 9.99. The summed E-state index contributed by atoms with van der Waals surface area (Å²) in [6.45, 7) is 0.750. The van der Waals surface area contributed by atoms with Gasteiger partial charge >= 0.3 is 0 Å². The number of nitrogens with two attached hydrogens (primary N) is 1. The van der Waals surface area contributed by atoms with Gasteiger partial charge in [-0.3, -0.25) is 0 Å². The van der Waals surface area contributed by atoms with Crippen LogP contribution in [0.2, 0.25) is 0 Å². The fourth-order valence-corrected chi connectivity index (χ4v) is 3.26. The predicted molar refractivity (Wildman–Crippen MR) is 107 cm³/mol. The van der Waals surface area contributed by atoms with Crippen LogP contribution < -0.4 is 15.2 Å². The van der Waals surface area contributed by atoms with E-state index in [1.54, 1.807) is 0 Å². The van der Waals surface area contributed by atoms with Crippen molar-refractivity contribution >= 4 is 12.4 Å². The molecule has 0 atom stereocenters. The molecule has 1 aliphatic rings. The molecule has 0 unspecified atom stereocenters. The van der Waals surface area contributed by atoms with E-state index >= 15 is 0 Å². The zero-order valence-electron chi connectivity index (χ0n) is 15.5. The summed E-state index contributed by atoms with van der Waals surface area (Å²) in [5, 5.41) is 4.04. The Morgan fingerprint density at radius 3 is 2.14 bits per heavy atom. The molecule has 0 saturated heterocycles. The second-order valence-corrected chi connectivity index (χ2v) is 6.91. The predicted octanol–water partition coefficient (Wildman–Crippen LogP) is 4.38. The van der Waals surface area contributed by atoms with Crippen molar-refractivity contribution in [2.24, 2.45) is 5.73 Å². The molecule has 6 nitrogen and oxygen atoms in total. The highest BCUT2D eigenvalue weighted by Crippen LogP contribution is 2.34. The Hall–Kier alpha value is -2.57. The molecule has 3 aromatic rings. The van der Waals surface area contributed by atoms with E-state index in [2.05, 4.69) is 10.1 Å². The SMILES string of the molecule is Cl.NC1(c2noc(COc3ccc(OCc4ccccc4)cc3)n2)CCCC1. The van der Waals surface area contributed by atoms with E-state index in [0.717, 1.165) is 37.0 Å². The molecule has 7 heteroatoms. The summed E-state index contributed by atoms with van der Waals surface area (Å²) in [6.07, 6.45) is 4.01. The first-order chi connectivity index (χ1) is 13.2. The third-order valence-corrected chi connectivity index (χ3v) is 4.84. The summed E-state index contributed by atoms with van der Waals surface area (Å²) >= 11 is 0. The highest BCUT2D eigenvalue weighted by molar-refractivity contribution is 5.85. The van der Waals surface area contributed by atoms with Gasteiger partial charge in [-0.1, -0.05) is 48.3 Å². The van der Waals surface area contributed by atoms with Crippen molar-refractivity contribution in [3.05, 3.63) is 71.9 Å². The van der Waals surface area contributed by atoms with E-state index in [-0.39, 0.29) is 19.0 Å². The molecule has 1 aromatic heterocycles. The van der Waals surface area contributed by atoms with Crippen LogP contribution in [-0.2, 0) is 18.8 Å². The van der Waals surface area contributed by atoms with E-state index in [1.807, 2.05) is 54.6 Å². The van der Waals surface area contributed by atoms with E-state index in [0.29, 0.717) is 24.1 Å². The molecule has 0 amide bonds. The lowest BCUT2D eigenvalue weighted by Gasteiger charge is -2.17. The summed E-state index contributed by atoms with van der Waals surface area (Å²) < 4.78 is 16.8. The van der Waals surface area contributed by atoms with E-state index < -0.39 is 5.54 Å². The summed E-state index contributed by atoms with van der Waals surface area (Å²) in [6, 6.07) is 17.5. The molecule has 0 spiro atoms. The molecular weight excluding hydrogens is 378 g/mol. The summed E-state index contributed by atoms with van der Waals surface area (Å²) in [5.74, 6) is 2.53. The van der Waals surface area contributed by atoms with E-state index in [4.69, 9.17) is 19.7 Å². The van der Waals surface area contributed by atoms with Gasteiger partial charge in [0.25, 0.3) is 5.89 Å². The number of rotatable bonds is 7. The molecule has 2 aromatic carbocycles. The number of nitrogens with zero attached hydrogens (tertiary/aromatic N) is 2. The van der Waals surface area contributed by atoms with E-state index in [9.17, 15) is 0 Å².